The van der Waals surface area contributed by atoms with Crippen molar-refractivity contribution in [2.45, 2.75) is 39.7 Å². The first-order valence-electron chi connectivity index (χ1n) is 7.22. The number of hydrogen-bond donors (Lipinski definition) is 0. The smallest absolute Gasteiger partial charge is 0.333 e. The Morgan fingerprint density at radius 1 is 0.952 bits per heavy atom. The third kappa shape index (κ3) is 12.9. The maximum absolute atomic E-state index is 11.1. The third-order valence-corrected chi connectivity index (χ3v) is 7.77. The Hall–Kier alpha value is -0.476. The topological polar surface area (TPSA) is 54.0 Å². The number of rotatable bonds is 11. The van der Waals surface area contributed by atoms with Gasteiger partial charge in [-0.15, -0.1) is 0 Å². The van der Waals surface area contributed by atoms with Crippen molar-refractivity contribution in [1.29, 1.82) is 0 Å². The molecule has 0 saturated carbocycles. The molecule has 5 nitrogen and oxygen atoms in total. The second-order valence-corrected chi connectivity index (χ2v) is 15.4. The molecule has 0 fully saturated rings. The number of carbonyl (C=O) groups excluding carboxylic acids is 1. The molecule has 0 atom stereocenters. The molecule has 0 heterocycles. The van der Waals surface area contributed by atoms with Crippen LogP contribution in [0.2, 0.25) is 32.7 Å². The largest absolute Gasteiger partial charge is 0.460 e. The van der Waals surface area contributed by atoms with Crippen LogP contribution in [0.25, 0.3) is 0 Å². The molecule has 0 aromatic heterocycles. The highest BCUT2D eigenvalue weighted by atomic mass is 28.4. The van der Waals surface area contributed by atoms with Crippen LogP contribution < -0.4 is 0 Å². The quantitative estimate of drug-likeness (QED) is 0.252. The molecule has 21 heavy (non-hydrogen) atoms. The SMILES string of the molecule is C=C(C)C(=O)OCCOCCOC[Si](C)(C)O[Si](C)(C)C. The van der Waals surface area contributed by atoms with Crippen LogP contribution in [0.4, 0.5) is 0 Å². The molecule has 7 heteroatoms. The van der Waals surface area contributed by atoms with Crippen molar-refractivity contribution in [3.8, 4) is 0 Å². The minimum absolute atomic E-state index is 0.241. The van der Waals surface area contributed by atoms with Gasteiger partial charge in [0.25, 0.3) is 0 Å². The van der Waals surface area contributed by atoms with Crippen molar-refractivity contribution in [2.24, 2.45) is 0 Å². The number of esters is 1. The van der Waals surface area contributed by atoms with Gasteiger partial charge in [0.15, 0.2) is 16.6 Å². The Morgan fingerprint density at radius 3 is 2.00 bits per heavy atom. The van der Waals surface area contributed by atoms with Crippen molar-refractivity contribution in [2.75, 3.05) is 32.7 Å². The van der Waals surface area contributed by atoms with Crippen LogP contribution in [0.5, 0.6) is 0 Å². The molecule has 0 aromatic carbocycles. The van der Waals surface area contributed by atoms with E-state index in [9.17, 15) is 4.79 Å². The Labute approximate surface area is 130 Å². The van der Waals surface area contributed by atoms with Crippen LogP contribution in [0.3, 0.4) is 0 Å². The van der Waals surface area contributed by atoms with Gasteiger partial charge in [0.05, 0.1) is 26.1 Å². The predicted octanol–water partition coefficient (Wildman–Crippen LogP) is 2.73. The molecule has 0 aliphatic rings. The van der Waals surface area contributed by atoms with Crippen LogP contribution in [0, 0.1) is 0 Å². The summed E-state index contributed by atoms with van der Waals surface area (Å²) in [6.45, 7) is 17.7. The van der Waals surface area contributed by atoms with Gasteiger partial charge in [0.2, 0.25) is 0 Å². The standard InChI is InChI=1S/C14H30O5Si2/c1-13(2)14(15)18-11-10-16-8-9-17-12-21(6,7)19-20(3,4)5/h1,8-12H2,2-7H3. The second-order valence-electron chi connectivity index (χ2n) is 6.56. The summed E-state index contributed by atoms with van der Waals surface area (Å²) in [5.41, 5.74) is 0.396. The molecule has 0 bridgehead atoms. The second kappa shape index (κ2) is 9.52. The maximum Gasteiger partial charge on any atom is 0.333 e. The highest BCUT2D eigenvalue weighted by molar-refractivity contribution is 6.84. The summed E-state index contributed by atoms with van der Waals surface area (Å²) in [7, 11) is -3.24. The molecule has 124 valence electrons. The monoisotopic (exact) mass is 334 g/mol. The summed E-state index contributed by atoms with van der Waals surface area (Å²) in [6.07, 6.45) is 0.672. The third-order valence-electron chi connectivity index (χ3n) is 2.21. The lowest BCUT2D eigenvalue weighted by Crippen LogP contribution is -2.46. The molecule has 0 unspecified atom stereocenters. The summed E-state index contributed by atoms with van der Waals surface area (Å²) in [5, 5.41) is 0. The molecule has 0 N–H and O–H groups in total. The van der Waals surface area contributed by atoms with Crippen molar-refractivity contribution >= 4 is 22.6 Å². The Kier molecular flexibility index (Phi) is 9.31. The average molecular weight is 335 g/mol. The minimum Gasteiger partial charge on any atom is -0.460 e. The van der Waals surface area contributed by atoms with Crippen molar-refractivity contribution < 1.29 is 23.1 Å². The zero-order valence-electron chi connectivity index (χ0n) is 14.3. The highest BCUT2D eigenvalue weighted by Crippen LogP contribution is 2.14. The molecule has 0 saturated heterocycles. The fourth-order valence-electron chi connectivity index (χ4n) is 1.71. The molecule has 0 radical (unpaired) electrons. The van der Waals surface area contributed by atoms with Crippen molar-refractivity contribution in [3.05, 3.63) is 12.2 Å². The predicted molar refractivity (Wildman–Crippen MR) is 89.3 cm³/mol. The van der Waals surface area contributed by atoms with E-state index in [0.717, 1.165) is 0 Å². The van der Waals surface area contributed by atoms with Crippen LogP contribution in [-0.2, 0) is 23.1 Å². The fraction of sp³-hybridized carbons (Fsp3) is 0.786. The van der Waals surface area contributed by atoms with Crippen LogP contribution >= 0.6 is 0 Å². The zero-order valence-corrected chi connectivity index (χ0v) is 16.3. The summed E-state index contributed by atoms with van der Waals surface area (Å²) >= 11 is 0. The van der Waals surface area contributed by atoms with Crippen LogP contribution in [0.15, 0.2) is 12.2 Å². The minimum atomic E-state index is -1.74. The molecule has 0 aliphatic carbocycles. The zero-order chi connectivity index (χ0) is 16.5. The normalized spacial score (nSPS) is 12.3. The van der Waals surface area contributed by atoms with E-state index in [0.29, 0.717) is 31.6 Å². The first kappa shape index (κ1) is 20.5. The summed E-state index contributed by atoms with van der Waals surface area (Å²) in [6, 6.07) is 0. The molecular formula is C14H30O5Si2. The fourth-order valence-corrected chi connectivity index (χ4v) is 9.22. The van der Waals surface area contributed by atoms with E-state index in [1.54, 1.807) is 6.92 Å². The molecule has 0 rings (SSSR count). The van der Waals surface area contributed by atoms with E-state index in [1.807, 2.05) is 0 Å². The van der Waals surface area contributed by atoms with Gasteiger partial charge in [0.1, 0.15) is 6.61 Å². The van der Waals surface area contributed by atoms with E-state index < -0.39 is 16.6 Å². The Morgan fingerprint density at radius 2 is 1.48 bits per heavy atom. The van der Waals surface area contributed by atoms with Gasteiger partial charge in [-0.2, -0.15) is 0 Å². The van der Waals surface area contributed by atoms with Crippen LogP contribution in [0.1, 0.15) is 6.92 Å². The molecule has 0 aliphatic heterocycles. The molecular weight excluding hydrogens is 304 g/mol. The van der Waals surface area contributed by atoms with E-state index in [4.69, 9.17) is 18.3 Å². The van der Waals surface area contributed by atoms with Gasteiger partial charge in [-0.05, 0) is 39.7 Å². The molecule has 0 amide bonds. The summed E-state index contributed by atoms with van der Waals surface area (Å²) < 4.78 is 22.0. The van der Waals surface area contributed by atoms with E-state index in [1.165, 1.54) is 0 Å². The number of hydrogen-bond acceptors (Lipinski definition) is 5. The highest BCUT2D eigenvalue weighted by Gasteiger charge is 2.29. The van der Waals surface area contributed by atoms with E-state index in [-0.39, 0.29) is 12.6 Å². The van der Waals surface area contributed by atoms with Gasteiger partial charge in [-0.1, -0.05) is 6.58 Å². The maximum atomic E-state index is 11.1. The summed E-state index contributed by atoms with van der Waals surface area (Å²) in [4.78, 5) is 11.1. The Balaban J connectivity index is 3.56. The van der Waals surface area contributed by atoms with Gasteiger partial charge in [0, 0.05) is 5.57 Å². The van der Waals surface area contributed by atoms with Gasteiger partial charge >= 0.3 is 5.97 Å². The lowest BCUT2D eigenvalue weighted by molar-refractivity contribution is -0.140. The lowest BCUT2D eigenvalue weighted by Gasteiger charge is -2.31. The molecule has 0 aromatic rings. The molecule has 0 spiro atoms. The van der Waals surface area contributed by atoms with E-state index in [2.05, 4.69) is 39.3 Å². The number of ether oxygens (including phenoxy) is 3. The average Bonchev–Trinajstić information content (AvgIpc) is 2.28. The first-order valence-corrected chi connectivity index (χ1v) is 13.7. The Bertz CT molecular complexity index is 337. The lowest BCUT2D eigenvalue weighted by atomic mass is 10.4. The van der Waals surface area contributed by atoms with Crippen LogP contribution in [-0.4, -0.2) is 55.3 Å². The summed E-state index contributed by atoms with van der Waals surface area (Å²) in [5.74, 6) is -0.383. The first-order chi connectivity index (χ1) is 9.53. The van der Waals surface area contributed by atoms with Gasteiger partial charge in [-0.25, -0.2) is 4.79 Å². The van der Waals surface area contributed by atoms with Gasteiger partial charge in [-0.3, -0.25) is 0 Å². The van der Waals surface area contributed by atoms with Crippen molar-refractivity contribution in [1.82, 2.24) is 0 Å². The number of carbonyl (C=O) groups is 1. The van der Waals surface area contributed by atoms with Crippen molar-refractivity contribution in [3.63, 3.8) is 0 Å². The van der Waals surface area contributed by atoms with E-state index >= 15 is 0 Å². The van der Waals surface area contributed by atoms with Gasteiger partial charge < -0.3 is 18.3 Å².